The van der Waals surface area contributed by atoms with E-state index in [2.05, 4.69) is 123 Å². The second-order valence-corrected chi connectivity index (χ2v) is 10.9. The number of hydrogen-bond acceptors (Lipinski definition) is 3. The van der Waals surface area contributed by atoms with Crippen LogP contribution in [0, 0.1) is 13.8 Å². The fraction of sp³-hybridized carbons (Fsp3) is 0.297. The van der Waals surface area contributed by atoms with E-state index in [9.17, 15) is 0 Å². The maximum absolute atomic E-state index is 8.64. The summed E-state index contributed by atoms with van der Waals surface area (Å²) in [6.07, 6.45) is 15.8. The minimum atomic E-state index is 0.367. The first kappa shape index (κ1) is 29.6. The van der Waals surface area contributed by atoms with Crippen LogP contribution >= 0.6 is 12.6 Å². The lowest BCUT2D eigenvalue weighted by molar-refractivity contribution is 0.415. The van der Waals surface area contributed by atoms with Crippen LogP contribution in [0.3, 0.4) is 0 Å². The van der Waals surface area contributed by atoms with Crippen LogP contribution in [0.5, 0.6) is 0 Å². The first-order valence-electron chi connectivity index (χ1n) is 14.6. The van der Waals surface area contributed by atoms with Crippen LogP contribution in [0.25, 0.3) is 16.7 Å². The molecule has 1 aliphatic carbocycles. The minimum Gasteiger partial charge on any atom is -0.512 e. The molecule has 40 heavy (non-hydrogen) atoms. The van der Waals surface area contributed by atoms with Crippen LogP contribution in [0.2, 0.25) is 0 Å². The van der Waals surface area contributed by atoms with Gasteiger partial charge < -0.3 is 10.0 Å². The van der Waals surface area contributed by atoms with Gasteiger partial charge in [-0.15, -0.1) is 0 Å². The first-order valence-corrected chi connectivity index (χ1v) is 15.2. The van der Waals surface area contributed by atoms with Crippen molar-refractivity contribution in [3.8, 4) is 11.1 Å². The number of hydrogen-bond donors (Lipinski definition) is 2. The molecule has 0 amide bonds. The topological polar surface area (TPSA) is 23.5 Å². The van der Waals surface area contributed by atoms with Gasteiger partial charge in [0.15, 0.2) is 0 Å². The van der Waals surface area contributed by atoms with Crippen molar-refractivity contribution in [1.82, 2.24) is 4.90 Å². The maximum atomic E-state index is 8.64. The van der Waals surface area contributed by atoms with Crippen molar-refractivity contribution in [3.05, 3.63) is 137 Å². The quantitative estimate of drug-likeness (QED) is 0.216. The van der Waals surface area contributed by atoms with E-state index >= 15 is 0 Å². The summed E-state index contributed by atoms with van der Waals surface area (Å²) in [7, 11) is 0. The van der Waals surface area contributed by atoms with Crippen molar-refractivity contribution in [2.45, 2.75) is 59.3 Å². The van der Waals surface area contributed by atoms with Crippen molar-refractivity contribution >= 4 is 18.2 Å². The number of aryl methyl sites for hydroxylation is 2. The normalized spacial score (nSPS) is 14.8. The van der Waals surface area contributed by atoms with E-state index in [0.29, 0.717) is 11.5 Å². The molecule has 0 radical (unpaired) electrons. The van der Waals surface area contributed by atoms with Gasteiger partial charge in [0.25, 0.3) is 0 Å². The van der Waals surface area contributed by atoms with Gasteiger partial charge in [0, 0.05) is 24.2 Å². The first-order chi connectivity index (χ1) is 19.5. The van der Waals surface area contributed by atoms with Gasteiger partial charge in [-0.25, -0.2) is 0 Å². The van der Waals surface area contributed by atoms with E-state index < -0.39 is 0 Å². The van der Waals surface area contributed by atoms with E-state index in [-0.39, 0.29) is 0 Å². The monoisotopic (exact) mass is 549 g/mol. The Morgan fingerprint density at radius 3 is 2.23 bits per heavy atom. The van der Waals surface area contributed by atoms with E-state index in [4.69, 9.17) is 5.11 Å². The van der Waals surface area contributed by atoms with Crippen molar-refractivity contribution in [2.75, 3.05) is 12.3 Å². The fourth-order valence-electron chi connectivity index (χ4n) is 5.23. The number of allylic oxidation sites excluding steroid dienone is 5. The maximum Gasteiger partial charge on any atom is 0.0978 e. The molecule has 208 valence electrons. The highest BCUT2D eigenvalue weighted by Crippen LogP contribution is 2.38. The number of thiol groups is 1. The number of aliphatic hydroxyl groups excluding tert-OH is 1. The van der Waals surface area contributed by atoms with Gasteiger partial charge in [0.2, 0.25) is 0 Å². The van der Waals surface area contributed by atoms with E-state index in [1.807, 2.05) is 6.92 Å². The van der Waals surface area contributed by atoms with Crippen molar-refractivity contribution < 1.29 is 5.11 Å². The highest BCUT2D eigenvalue weighted by atomic mass is 32.1. The average Bonchev–Trinajstić information content (AvgIpc) is 2.95. The SMILES string of the molecule is CC/C=C(\O)CS.Cc1cccc(-c2ccccc2C2=CN(CCCc3ccccc3)C(=C3CCC3)C=C2)c1C. The third kappa shape index (κ3) is 7.61. The van der Waals surface area contributed by atoms with Crippen LogP contribution in [0.4, 0.5) is 0 Å². The summed E-state index contributed by atoms with van der Waals surface area (Å²) in [6.45, 7) is 7.46. The minimum absolute atomic E-state index is 0.367. The lowest BCUT2D eigenvalue weighted by atomic mass is 9.87. The third-order valence-corrected chi connectivity index (χ3v) is 8.11. The summed E-state index contributed by atoms with van der Waals surface area (Å²) in [4.78, 5) is 2.52. The summed E-state index contributed by atoms with van der Waals surface area (Å²) in [5.74, 6) is 0.819. The summed E-state index contributed by atoms with van der Waals surface area (Å²) in [5, 5.41) is 8.64. The molecule has 2 aliphatic rings. The Labute approximate surface area is 246 Å². The van der Waals surface area contributed by atoms with Crippen LogP contribution in [0.15, 0.2) is 114 Å². The van der Waals surface area contributed by atoms with Crippen LogP contribution in [0.1, 0.15) is 61.3 Å². The zero-order valence-electron chi connectivity index (χ0n) is 24.2. The number of aliphatic hydroxyl groups is 1. The molecule has 0 saturated heterocycles. The number of nitrogens with zero attached hydrogens (tertiary/aromatic N) is 1. The summed E-state index contributed by atoms with van der Waals surface area (Å²) < 4.78 is 0. The zero-order chi connectivity index (χ0) is 28.3. The predicted molar refractivity (Wildman–Crippen MR) is 176 cm³/mol. The van der Waals surface area contributed by atoms with Crippen LogP contribution < -0.4 is 0 Å². The largest absolute Gasteiger partial charge is 0.512 e. The van der Waals surface area contributed by atoms with Gasteiger partial charge in [0.05, 0.1) is 5.76 Å². The van der Waals surface area contributed by atoms with Crippen molar-refractivity contribution in [2.24, 2.45) is 0 Å². The molecule has 0 aromatic heterocycles. The molecular formula is C37H43NOS. The average molecular weight is 550 g/mol. The Bertz CT molecular complexity index is 1390. The molecule has 1 saturated carbocycles. The molecule has 1 heterocycles. The Morgan fingerprint density at radius 1 is 0.875 bits per heavy atom. The predicted octanol–water partition coefficient (Wildman–Crippen LogP) is 10.0. The molecule has 3 heteroatoms. The summed E-state index contributed by atoms with van der Waals surface area (Å²) in [6, 6.07) is 26.4. The van der Waals surface area contributed by atoms with Crippen LogP contribution in [-0.2, 0) is 6.42 Å². The molecule has 3 aromatic carbocycles. The summed E-state index contributed by atoms with van der Waals surface area (Å²) in [5.41, 5.74) is 12.4. The molecule has 5 rings (SSSR count). The van der Waals surface area contributed by atoms with E-state index in [1.165, 1.54) is 63.9 Å². The molecule has 0 unspecified atom stereocenters. The zero-order valence-corrected chi connectivity index (χ0v) is 25.1. The Hall–Kier alpha value is -3.43. The smallest absolute Gasteiger partial charge is 0.0978 e. The lowest BCUT2D eigenvalue weighted by Gasteiger charge is -2.32. The van der Waals surface area contributed by atoms with Crippen molar-refractivity contribution in [1.29, 1.82) is 0 Å². The lowest BCUT2D eigenvalue weighted by Crippen LogP contribution is -2.23. The van der Waals surface area contributed by atoms with Gasteiger partial charge in [-0.05, 0) is 109 Å². The van der Waals surface area contributed by atoms with Gasteiger partial charge >= 0.3 is 0 Å². The van der Waals surface area contributed by atoms with Gasteiger partial charge in [-0.3, -0.25) is 0 Å². The van der Waals surface area contributed by atoms with Gasteiger partial charge in [-0.2, -0.15) is 12.6 Å². The van der Waals surface area contributed by atoms with Gasteiger partial charge in [0.1, 0.15) is 0 Å². The van der Waals surface area contributed by atoms with Gasteiger partial charge in [-0.1, -0.05) is 85.8 Å². The van der Waals surface area contributed by atoms with E-state index in [0.717, 1.165) is 25.8 Å². The standard InChI is InChI=1S/C32H33N.C5H10OS/c1-24-11-8-19-29(25(24)2)31-18-7-6-17-30(31)28-20-21-32(27-15-9-16-27)33(23-28)22-10-14-26-12-4-3-5-13-26;1-2-3-5(6)4-7/h3-8,11-13,17-21,23H,9-10,14-16,22H2,1-2H3;3,6-7H,2,4H2,1H3/b;5-3-. The van der Waals surface area contributed by atoms with E-state index in [1.54, 1.807) is 11.6 Å². The highest BCUT2D eigenvalue weighted by Gasteiger charge is 2.21. The molecule has 0 bridgehead atoms. The Morgan fingerprint density at radius 2 is 1.57 bits per heavy atom. The summed E-state index contributed by atoms with van der Waals surface area (Å²) >= 11 is 3.83. The molecular weight excluding hydrogens is 506 g/mol. The molecule has 1 fully saturated rings. The number of benzene rings is 3. The molecule has 1 N–H and O–H groups in total. The second kappa shape index (κ2) is 14.8. The fourth-order valence-corrected chi connectivity index (χ4v) is 5.36. The van der Waals surface area contributed by atoms with Crippen molar-refractivity contribution in [3.63, 3.8) is 0 Å². The third-order valence-electron chi connectivity index (χ3n) is 7.79. The molecule has 0 spiro atoms. The Kier molecular flexibility index (Phi) is 10.9. The second-order valence-electron chi connectivity index (χ2n) is 10.6. The molecule has 2 nitrogen and oxygen atoms in total. The Balaban J connectivity index is 0.000000470. The molecule has 0 atom stereocenters. The highest BCUT2D eigenvalue weighted by molar-refractivity contribution is 7.80. The number of rotatable bonds is 8. The molecule has 3 aromatic rings. The van der Waals surface area contributed by atoms with Crippen LogP contribution in [-0.4, -0.2) is 22.3 Å². The molecule has 1 aliphatic heterocycles.